The summed E-state index contributed by atoms with van der Waals surface area (Å²) in [6.45, 7) is 9.90. The number of hydrogen-bond acceptors (Lipinski definition) is 4. The van der Waals surface area contributed by atoms with Gasteiger partial charge >= 0.3 is 5.97 Å². The third kappa shape index (κ3) is 3.11. The van der Waals surface area contributed by atoms with Gasteiger partial charge in [0, 0.05) is 17.5 Å². The first kappa shape index (κ1) is 16.8. The van der Waals surface area contributed by atoms with Gasteiger partial charge in [0.2, 0.25) is 5.76 Å². The molecule has 1 atom stereocenters. The van der Waals surface area contributed by atoms with Gasteiger partial charge in [-0.3, -0.25) is 0 Å². The predicted octanol–water partition coefficient (Wildman–Crippen LogP) is 4.43. The van der Waals surface area contributed by atoms with E-state index in [0.717, 1.165) is 16.7 Å². The molecule has 0 aliphatic heterocycles. The molecule has 1 aliphatic rings. The second-order valence-electron chi connectivity index (χ2n) is 7.67. The normalized spacial score (nSPS) is 19.0. The van der Waals surface area contributed by atoms with Crippen LogP contribution in [-0.4, -0.2) is 11.1 Å². The number of fused-ring (bicyclic) bond motifs is 1. The second-order valence-corrected chi connectivity index (χ2v) is 7.67. The third-order valence-corrected chi connectivity index (χ3v) is 4.58. The molecule has 1 aliphatic carbocycles. The van der Waals surface area contributed by atoms with E-state index in [9.17, 15) is 9.90 Å². The lowest BCUT2D eigenvalue weighted by Gasteiger charge is -2.31. The Morgan fingerprint density at radius 2 is 1.83 bits per heavy atom. The maximum atomic E-state index is 12.5. The van der Waals surface area contributed by atoms with Gasteiger partial charge in [-0.05, 0) is 55.9 Å². The summed E-state index contributed by atoms with van der Waals surface area (Å²) in [5, 5.41) is 10.4. The van der Waals surface area contributed by atoms with Crippen molar-refractivity contribution in [1.29, 1.82) is 0 Å². The monoisotopic (exact) mass is 328 g/mol. The van der Waals surface area contributed by atoms with Crippen molar-refractivity contribution in [2.75, 3.05) is 0 Å². The van der Waals surface area contributed by atoms with E-state index in [1.807, 2.05) is 39.0 Å². The van der Waals surface area contributed by atoms with Gasteiger partial charge in [-0.1, -0.05) is 19.9 Å². The van der Waals surface area contributed by atoms with E-state index < -0.39 is 12.1 Å². The lowest BCUT2D eigenvalue weighted by molar-refractivity contribution is 0.0690. The Labute approximate surface area is 142 Å². The molecule has 0 bridgehead atoms. The van der Waals surface area contributed by atoms with Gasteiger partial charge in [-0.25, -0.2) is 4.79 Å². The first-order chi connectivity index (χ1) is 11.2. The molecule has 4 nitrogen and oxygen atoms in total. The van der Waals surface area contributed by atoms with Gasteiger partial charge in [0.25, 0.3) is 0 Å². The van der Waals surface area contributed by atoms with Crippen molar-refractivity contribution in [1.82, 2.24) is 0 Å². The highest BCUT2D eigenvalue weighted by Crippen LogP contribution is 2.44. The summed E-state index contributed by atoms with van der Waals surface area (Å²) in [5.41, 5.74) is 3.45. The number of benzene rings is 1. The highest BCUT2D eigenvalue weighted by atomic mass is 16.5. The van der Waals surface area contributed by atoms with Gasteiger partial charge < -0.3 is 14.3 Å². The van der Waals surface area contributed by atoms with Crippen molar-refractivity contribution in [2.45, 2.75) is 53.6 Å². The molecule has 0 fully saturated rings. The Morgan fingerprint density at radius 1 is 1.21 bits per heavy atom. The van der Waals surface area contributed by atoms with Gasteiger partial charge in [-0.2, -0.15) is 0 Å². The van der Waals surface area contributed by atoms with E-state index in [2.05, 4.69) is 13.8 Å². The zero-order valence-electron chi connectivity index (χ0n) is 14.9. The minimum Gasteiger partial charge on any atom is -0.453 e. The number of aliphatic hydroxyl groups excluding tert-OH is 1. The number of ether oxygens (including phenoxy) is 1. The number of aryl methyl sites for hydroxylation is 2. The minimum atomic E-state index is -0.602. The van der Waals surface area contributed by atoms with E-state index in [1.54, 1.807) is 0 Å². The summed E-state index contributed by atoms with van der Waals surface area (Å²) >= 11 is 0. The largest absolute Gasteiger partial charge is 0.453 e. The second kappa shape index (κ2) is 5.78. The molecule has 1 aromatic carbocycles. The zero-order chi connectivity index (χ0) is 17.6. The molecular weight excluding hydrogens is 304 g/mol. The van der Waals surface area contributed by atoms with Crippen LogP contribution in [-0.2, 0) is 6.42 Å². The summed E-state index contributed by atoms with van der Waals surface area (Å²) in [4.78, 5) is 12.5. The van der Waals surface area contributed by atoms with Crippen LogP contribution >= 0.6 is 0 Å². The molecule has 0 saturated carbocycles. The average molecular weight is 328 g/mol. The van der Waals surface area contributed by atoms with E-state index >= 15 is 0 Å². The molecule has 4 heteroatoms. The SMILES string of the molecule is Cc1cc(C)cc(OC(=O)c2oc3c(c2C)C(O)CC(C)(C)C3)c1. The fourth-order valence-electron chi connectivity index (χ4n) is 3.63. The first-order valence-corrected chi connectivity index (χ1v) is 8.27. The molecule has 24 heavy (non-hydrogen) atoms. The van der Waals surface area contributed by atoms with E-state index in [0.29, 0.717) is 29.9 Å². The molecule has 128 valence electrons. The van der Waals surface area contributed by atoms with Crippen LogP contribution in [0.3, 0.4) is 0 Å². The quantitative estimate of drug-likeness (QED) is 0.654. The Balaban J connectivity index is 1.92. The molecule has 2 aromatic rings. The maximum Gasteiger partial charge on any atom is 0.379 e. The van der Waals surface area contributed by atoms with Crippen molar-refractivity contribution < 1.29 is 19.1 Å². The van der Waals surface area contributed by atoms with Gasteiger partial charge in [0.15, 0.2) is 0 Å². The molecule has 3 rings (SSSR count). The van der Waals surface area contributed by atoms with E-state index in [1.165, 1.54) is 0 Å². The number of hydrogen-bond donors (Lipinski definition) is 1. The number of aliphatic hydroxyl groups is 1. The Kier molecular flexibility index (Phi) is 4.04. The fraction of sp³-hybridized carbons (Fsp3) is 0.450. The van der Waals surface area contributed by atoms with E-state index in [-0.39, 0.29) is 11.2 Å². The topological polar surface area (TPSA) is 59.7 Å². The average Bonchev–Trinajstić information content (AvgIpc) is 2.72. The van der Waals surface area contributed by atoms with Crippen LogP contribution in [0.25, 0.3) is 0 Å². The van der Waals surface area contributed by atoms with Crippen LogP contribution in [0.5, 0.6) is 5.75 Å². The highest BCUT2D eigenvalue weighted by molar-refractivity contribution is 5.90. The summed E-state index contributed by atoms with van der Waals surface area (Å²) in [5.74, 6) is 0.878. The summed E-state index contributed by atoms with van der Waals surface area (Å²) in [6.07, 6.45) is 0.762. The smallest absolute Gasteiger partial charge is 0.379 e. The van der Waals surface area contributed by atoms with Crippen LogP contribution in [0.4, 0.5) is 0 Å². The van der Waals surface area contributed by atoms with Gasteiger partial charge in [0.1, 0.15) is 11.5 Å². The molecule has 1 aromatic heterocycles. The maximum absolute atomic E-state index is 12.5. The molecular formula is C20H24O4. The molecule has 0 spiro atoms. The van der Waals surface area contributed by atoms with Crippen LogP contribution in [0.2, 0.25) is 0 Å². The van der Waals surface area contributed by atoms with Gasteiger partial charge in [-0.15, -0.1) is 0 Å². The lowest BCUT2D eigenvalue weighted by atomic mass is 9.75. The molecule has 1 heterocycles. The Hall–Kier alpha value is -2.07. The predicted molar refractivity (Wildman–Crippen MR) is 91.4 cm³/mol. The lowest BCUT2D eigenvalue weighted by Crippen LogP contribution is -2.24. The Bertz CT molecular complexity index is 778. The van der Waals surface area contributed by atoms with Crippen molar-refractivity contribution in [3.63, 3.8) is 0 Å². The standard InChI is InChI=1S/C20H24O4/c1-11-6-12(2)8-14(7-11)23-19(22)18-13(3)17-15(21)9-20(4,5)10-16(17)24-18/h6-8,15,21H,9-10H2,1-5H3. The fourth-order valence-corrected chi connectivity index (χ4v) is 3.63. The molecule has 0 saturated heterocycles. The molecule has 1 N–H and O–H groups in total. The number of furan rings is 1. The number of carbonyl (C=O) groups excluding carboxylic acids is 1. The number of esters is 1. The first-order valence-electron chi connectivity index (χ1n) is 8.27. The Morgan fingerprint density at radius 3 is 2.46 bits per heavy atom. The van der Waals surface area contributed by atoms with Crippen LogP contribution < -0.4 is 4.74 Å². The summed E-state index contributed by atoms with van der Waals surface area (Å²) in [6, 6.07) is 5.66. The highest BCUT2D eigenvalue weighted by Gasteiger charge is 2.37. The molecule has 0 amide bonds. The van der Waals surface area contributed by atoms with Crippen molar-refractivity contribution in [3.8, 4) is 5.75 Å². The molecule has 1 unspecified atom stereocenters. The van der Waals surface area contributed by atoms with Crippen LogP contribution in [0.1, 0.15) is 64.9 Å². The van der Waals surface area contributed by atoms with E-state index in [4.69, 9.17) is 9.15 Å². The summed E-state index contributed by atoms with van der Waals surface area (Å²) in [7, 11) is 0. The zero-order valence-corrected chi connectivity index (χ0v) is 14.9. The molecule has 0 radical (unpaired) electrons. The third-order valence-electron chi connectivity index (χ3n) is 4.58. The summed E-state index contributed by atoms with van der Waals surface area (Å²) < 4.78 is 11.3. The van der Waals surface area contributed by atoms with Crippen molar-refractivity contribution in [2.24, 2.45) is 5.41 Å². The van der Waals surface area contributed by atoms with Crippen LogP contribution in [0, 0.1) is 26.2 Å². The number of carbonyl (C=O) groups is 1. The van der Waals surface area contributed by atoms with Gasteiger partial charge in [0.05, 0.1) is 6.10 Å². The van der Waals surface area contributed by atoms with Crippen LogP contribution in [0.15, 0.2) is 22.6 Å². The van der Waals surface area contributed by atoms with Crippen molar-refractivity contribution >= 4 is 5.97 Å². The van der Waals surface area contributed by atoms with Crippen molar-refractivity contribution in [3.05, 3.63) is 52.0 Å². The number of rotatable bonds is 2. The minimum absolute atomic E-state index is 0.0501.